The van der Waals surface area contributed by atoms with Gasteiger partial charge in [-0.15, -0.1) is 0 Å². The van der Waals surface area contributed by atoms with Crippen LogP contribution in [0.15, 0.2) is 30.3 Å². The fraction of sp³-hybridized carbons (Fsp3) is 0.381. The van der Waals surface area contributed by atoms with Crippen molar-refractivity contribution in [3.05, 3.63) is 51.5 Å². The summed E-state index contributed by atoms with van der Waals surface area (Å²) in [5.74, 6) is -0.307. The molecule has 3 rings (SSSR count). The zero-order valence-corrected chi connectivity index (χ0v) is 17.4. The molecule has 1 fully saturated rings. The first kappa shape index (κ1) is 19.8. The summed E-state index contributed by atoms with van der Waals surface area (Å²) < 4.78 is 0. The molecule has 6 heteroatoms. The van der Waals surface area contributed by atoms with E-state index in [0.29, 0.717) is 39.1 Å². The smallest absolute Gasteiger partial charge is 0.257 e. The second-order valence-electron chi connectivity index (χ2n) is 7.34. The van der Waals surface area contributed by atoms with Crippen molar-refractivity contribution in [2.75, 3.05) is 16.0 Å². The zero-order valence-electron chi connectivity index (χ0n) is 15.9. The number of rotatable bonds is 3. The number of benzene rings is 2. The van der Waals surface area contributed by atoms with Crippen LogP contribution >= 0.6 is 23.2 Å². The molecule has 2 atom stereocenters. The average Bonchev–Trinajstić information content (AvgIpc) is 2.58. The number of nitrogens with two attached hydrogens (primary N) is 1. The predicted molar refractivity (Wildman–Crippen MR) is 115 cm³/mol. The van der Waals surface area contributed by atoms with E-state index in [4.69, 9.17) is 28.9 Å². The lowest BCUT2D eigenvalue weighted by Crippen LogP contribution is -2.44. The van der Waals surface area contributed by atoms with Gasteiger partial charge in [-0.05, 0) is 75.9 Å². The number of carbonyl (C=O) groups is 1. The molecule has 0 spiro atoms. The van der Waals surface area contributed by atoms with Gasteiger partial charge in [0, 0.05) is 22.8 Å². The first-order valence-corrected chi connectivity index (χ1v) is 9.98. The van der Waals surface area contributed by atoms with Crippen LogP contribution in [-0.4, -0.2) is 18.0 Å². The summed E-state index contributed by atoms with van der Waals surface area (Å²) in [4.78, 5) is 15.1. The van der Waals surface area contributed by atoms with Crippen molar-refractivity contribution in [2.24, 2.45) is 0 Å². The molecule has 1 heterocycles. The number of hydrogen-bond acceptors (Lipinski definition) is 3. The Bertz CT molecular complexity index is 859. The van der Waals surface area contributed by atoms with Gasteiger partial charge in [0.2, 0.25) is 0 Å². The summed E-state index contributed by atoms with van der Waals surface area (Å²) in [6.45, 7) is 6.55. The van der Waals surface area contributed by atoms with Crippen LogP contribution in [0.5, 0.6) is 0 Å². The van der Waals surface area contributed by atoms with Crippen LogP contribution in [0.25, 0.3) is 0 Å². The number of carbonyl (C=O) groups excluding carboxylic acids is 1. The van der Waals surface area contributed by atoms with Crippen molar-refractivity contribution in [1.82, 2.24) is 0 Å². The van der Waals surface area contributed by atoms with E-state index in [9.17, 15) is 4.79 Å². The molecule has 0 unspecified atom stereocenters. The maximum atomic E-state index is 12.7. The Balaban J connectivity index is 1.93. The van der Waals surface area contributed by atoms with Crippen LogP contribution in [0.1, 0.15) is 49.0 Å². The van der Waals surface area contributed by atoms with Crippen LogP contribution in [-0.2, 0) is 0 Å². The standard InChI is InChI=1S/C21H25Cl2N3O/c1-12-9-18(24)19(11-20(12)26-13(2)5-4-6-14(26)3)25-21(27)16-8-7-15(22)10-17(16)23/h7-11,13-14H,4-6,24H2,1-3H3,(H,25,27)/t13-,14-/m1/s1. The Kier molecular flexibility index (Phi) is 5.87. The lowest BCUT2D eigenvalue weighted by molar-refractivity contribution is 0.102. The third-order valence-electron chi connectivity index (χ3n) is 5.26. The summed E-state index contributed by atoms with van der Waals surface area (Å²) in [7, 11) is 0. The maximum Gasteiger partial charge on any atom is 0.257 e. The van der Waals surface area contributed by atoms with E-state index in [2.05, 4.69) is 31.0 Å². The number of nitrogens with one attached hydrogen (secondary N) is 1. The highest BCUT2D eigenvalue weighted by Crippen LogP contribution is 2.36. The van der Waals surface area contributed by atoms with E-state index in [1.807, 2.05) is 12.1 Å². The van der Waals surface area contributed by atoms with Crippen molar-refractivity contribution in [3.8, 4) is 0 Å². The van der Waals surface area contributed by atoms with Crippen molar-refractivity contribution in [1.29, 1.82) is 0 Å². The van der Waals surface area contributed by atoms with Crippen LogP contribution in [0.4, 0.5) is 17.1 Å². The first-order chi connectivity index (χ1) is 12.8. The molecular formula is C21H25Cl2N3O. The SMILES string of the molecule is Cc1cc(N)c(NC(=O)c2ccc(Cl)cc2Cl)cc1N1[C@H](C)CCC[C@H]1C. The summed E-state index contributed by atoms with van der Waals surface area (Å²) in [6.07, 6.45) is 3.57. The molecule has 3 N–H and O–H groups in total. The van der Waals surface area contributed by atoms with E-state index < -0.39 is 0 Å². The Morgan fingerprint density at radius 3 is 2.44 bits per heavy atom. The van der Waals surface area contributed by atoms with E-state index in [-0.39, 0.29) is 5.91 Å². The molecule has 1 saturated heterocycles. The Labute approximate surface area is 170 Å². The molecule has 1 aliphatic heterocycles. The quantitative estimate of drug-likeness (QED) is 0.624. The van der Waals surface area contributed by atoms with Crippen LogP contribution in [0, 0.1) is 6.92 Å². The van der Waals surface area contributed by atoms with E-state index in [1.165, 1.54) is 6.42 Å². The number of anilines is 3. The highest BCUT2D eigenvalue weighted by atomic mass is 35.5. The van der Waals surface area contributed by atoms with Gasteiger partial charge in [-0.1, -0.05) is 23.2 Å². The Morgan fingerprint density at radius 2 is 1.81 bits per heavy atom. The van der Waals surface area contributed by atoms with Gasteiger partial charge in [-0.3, -0.25) is 4.79 Å². The normalized spacial score (nSPS) is 19.8. The Morgan fingerprint density at radius 1 is 1.15 bits per heavy atom. The molecule has 4 nitrogen and oxygen atoms in total. The van der Waals surface area contributed by atoms with Gasteiger partial charge in [-0.25, -0.2) is 0 Å². The van der Waals surface area contributed by atoms with Gasteiger partial charge in [-0.2, -0.15) is 0 Å². The number of nitrogen functional groups attached to an aromatic ring is 1. The first-order valence-electron chi connectivity index (χ1n) is 9.22. The van der Waals surface area contributed by atoms with E-state index >= 15 is 0 Å². The van der Waals surface area contributed by atoms with Gasteiger partial charge >= 0.3 is 0 Å². The highest BCUT2D eigenvalue weighted by molar-refractivity contribution is 6.37. The molecule has 1 aliphatic rings. The number of nitrogens with zero attached hydrogens (tertiary/aromatic N) is 1. The molecule has 1 amide bonds. The number of hydrogen-bond donors (Lipinski definition) is 2. The lowest BCUT2D eigenvalue weighted by Gasteiger charge is -2.42. The third-order valence-corrected chi connectivity index (χ3v) is 5.81. The summed E-state index contributed by atoms with van der Waals surface area (Å²) in [5, 5.41) is 3.70. The van der Waals surface area contributed by atoms with Gasteiger partial charge < -0.3 is 16.0 Å². The van der Waals surface area contributed by atoms with Gasteiger partial charge in [0.05, 0.1) is 22.0 Å². The Hall–Kier alpha value is -1.91. The minimum atomic E-state index is -0.307. The van der Waals surface area contributed by atoms with Crippen molar-refractivity contribution in [3.63, 3.8) is 0 Å². The number of amides is 1. The van der Waals surface area contributed by atoms with Gasteiger partial charge in [0.25, 0.3) is 5.91 Å². The fourth-order valence-electron chi connectivity index (χ4n) is 3.86. The molecule has 0 aromatic heterocycles. The zero-order chi connectivity index (χ0) is 19.7. The predicted octanol–water partition coefficient (Wildman–Crippen LogP) is 5.90. The molecule has 0 aliphatic carbocycles. The maximum absolute atomic E-state index is 12.7. The topological polar surface area (TPSA) is 58.4 Å². The summed E-state index contributed by atoms with van der Waals surface area (Å²) in [6, 6.07) is 9.60. The van der Waals surface area contributed by atoms with Gasteiger partial charge in [0.15, 0.2) is 0 Å². The molecule has 144 valence electrons. The van der Waals surface area contributed by atoms with Gasteiger partial charge in [0.1, 0.15) is 0 Å². The number of aryl methyl sites for hydroxylation is 1. The molecule has 0 radical (unpaired) electrons. The minimum absolute atomic E-state index is 0.307. The van der Waals surface area contributed by atoms with Crippen molar-refractivity contribution >= 4 is 46.2 Å². The molecule has 0 saturated carbocycles. The molecule has 2 aromatic rings. The molecule has 0 bridgehead atoms. The van der Waals surface area contributed by atoms with Crippen LogP contribution in [0.3, 0.4) is 0 Å². The monoisotopic (exact) mass is 405 g/mol. The van der Waals surface area contributed by atoms with Crippen molar-refractivity contribution < 1.29 is 4.79 Å². The van der Waals surface area contributed by atoms with Crippen molar-refractivity contribution in [2.45, 2.75) is 52.1 Å². The average molecular weight is 406 g/mol. The van der Waals surface area contributed by atoms with Crippen LogP contribution in [0.2, 0.25) is 10.0 Å². The summed E-state index contributed by atoms with van der Waals surface area (Å²) >= 11 is 12.1. The largest absolute Gasteiger partial charge is 0.397 e. The van der Waals surface area contributed by atoms with Crippen LogP contribution < -0.4 is 16.0 Å². The fourth-order valence-corrected chi connectivity index (χ4v) is 4.36. The lowest BCUT2D eigenvalue weighted by atomic mass is 9.95. The third kappa shape index (κ3) is 4.17. The highest BCUT2D eigenvalue weighted by Gasteiger charge is 2.27. The minimum Gasteiger partial charge on any atom is -0.397 e. The molecular weight excluding hydrogens is 381 g/mol. The second kappa shape index (κ2) is 7.99. The molecule has 27 heavy (non-hydrogen) atoms. The number of halogens is 2. The summed E-state index contributed by atoms with van der Waals surface area (Å²) in [5.41, 5.74) is 9.90. The van der Waals surface area contributed by atoms with E-state index in [1.54, 1.807) is 18.2 Å². The second-order valence-corrected chi connectivity index (χ2v) is 8.18. The van der Waals surface area contributed by atoms with E-state index in [0.717, 1.165) is 24.1 Å². The number of piperidine rings is 1. The molecule has 2 aromatic carbocycles.